The Labute approximate surface area is 154 Å². The molecule has 3 heterocycles. The van der Waals surface area contributed by atoms with Gasteiger partial charge in [-0.15, -0.1) is 0 Å². The number of aromatic nitrogens is 2. The Morgan fingerprint density at radius 3 is 2.38 bits per heavy atom. The van der Waals surface area contributed by atoms with Crippen LogP contribution in [0.25, 0.3) is 0 Å². The molecule has 2 aliphatic rings. The number of anilines is 1. The molecule has 2 saturated heterocycles. The van der Waals surface area contributed by atoms with Crippen molar-refractivity contribution in [1.29, 1.82) is 0 Å². The summed E-state index contributed by atoms with van der Waals surface area (Å²) < 4.78 is 0. The van der Waals surface area contributed by atoms with E-state index in [2.05, 4.69) is 50.1 Å². The van der Waals surface area contributed by atoms with E-state index in [0.29, 0.717) is 5.69 Å². The molecule has 136 valence electrons. The van der Waals surface area contributed by atoms with Gasteiger partial charge in [0.1, 0.15) is 17.8 Å². The van der Waals surface area contributed by atoms with Crippen LogP contribution >= 0.6 is 0 Å². The van der Waals surface area contributed by atoms with Crippen molar-refractivity contribution >= 4 is 11.7 Å². The Morgan fingerprint density at radius 2 is 1.65 bits per heavy atom. The van der Waals surface area contributed by atoms with Gasteiger partial charge in [0.2, 0.25) is 0 Å². The highest BCUT2D eigenvalue weighted by molar-refractivity contribution is 5.93. The van der Waals surface area contributed by atoms with Crippen molar-refractivity contribution in [1.82, 2.24) is 19.8 Å². The molecule has 6 nitrogen and oxygen atoms in total. The highest BCUT2D eigenvalue weighted by Gasteiger charge is 2.23. The molecule has 1 aromatic carbocycles. The first kappa shape index (κ1) is 17.0. The van der Waals surface area contributed by atoms with E-state index in [9.17, 15) is 4.79 Å². The number of likely N-dealkylation sites (tertiary alicyclic amines) is 1. The van der Waals surface area contributed by atoms with Gasteiger partial charge in [0.15, 0.2) is 0 Å². The lowest BCUT2D eigenvalue weighted by molar-refractivity contribution is 0.0787. The highest BCUT2D eigenvalue weighted by Crippen LogP contribution is 2.17. The molecule has 1 amide bonds. The molecule has 0 unspecified atom stereocenters. The summed E-state index contributed by atoms with van der Waals surface area (Å²) >= 11 is 0. The highest BCUT2D eigenvalue weighted by atomic mass is 16.2. The van der Waals surface area contributed by atoms with Crippen molar-refractivity contribution < 1.29 is 4.79 Å². The van der Waals surface area contributed by atoms with Gasteiger partial charge >= 0.3 is 0 Å². The molecule has 0 bridgehead atoms. The van der Waals surface area contributed by atoms with E-state index >= 15 is 0 Å². The summed E-state index contributed by atoms with van der Waals surface area (Å²) in [6.07, 6.45) is 3.70. The van der Waals surface area contributed by atoms with Crippen LogP contribution in [0.5, 0.6) is 0 Å². The molecule has 6 heteroatoms. The third-order valence-corrected chi connectivity index (χ3v) is 5.21. The minimum atomic E-state index is 0.0360. The second-order valence-electron chi connectivity index (χ2n) is 7.01. The number of carbonyl (C=O) groups excluding carboxylic acids is 1. The number of nitrogens with zero attached hydrogens (tertiary/aromatic N) is 5. The maximum absolute atomic E-state index is 12.5. The first-order chi connectivity index (χ1) is 12.8. The van der Waals surface area contributed by atoms with Gasteiger partial charge in [-0.25, -0.2) is 9.97 Å². The molecular formula is C20H25N5O. The summed E-state index contributed by atoms with van der Waals surface area (Å²) in [4.78, 5) is 27.8. The van der Waals surface area contributed by atoms with E-state index < -0.39 is 0 Å². The van der Waals surface area contributed by atoms with Crippen LogP contribution < -0.4 is 4.90 Å². The minimum absolute atomic E-state index is 0.0360. The number of piperazine rings is 1. The fraction of sp³-hybridized carbons (Fsp3) is 0.450. The minimum Gasteiger partial charge on any atom is -0.354 e. The number of carbonyl (C=O) groups is 1. The van der Waals surface area contributed by atoms with E-state index in [0.717, 1.165) is 64.5 Å². The first-order valence-corrected chi connectivity index (χ1v) is 9.42. The lowest BCUT2D eigenvalue weighted by Gasteiger charge is -2.35. The maximum atomic E-state index is 12.5. The summed E-state index contributed by atoms with van der Waals surface area (Å²) in [5, 5.41) is 0. The molecule has 4 rings (SSSR count). The van der Waals surface area contributed by atoms with Crippen LogP contribution in [0.4, 0.5) is 5.82 Å². The van der Waals surface area contributed by atoms with Crippen LogP contribution in [-0.2, 0) is 6.54 Å². The summed E-state index contributed by atoms with van der Waals surface area (Å²) in [5.74, 6) is 0.899. The van der Waals surface area contributed by atoms with E-state index in [1.807, 2.05) is 11.0 Å². The third-order valence-electron chi connectivity index (χ3n) is 5.21. The SMILES string of the molecule is O=C(c1cc(N2CCN(Cc3ccccc3)CC2)ncn1)N1CCCC1. The quantitative estimate of drug-likeness (QED) is 0.844. The van der Waals surface area contributed by atoms with E-state index in [-0.39, 0.29) is 5.91 Å². The number of rotatable bonds is 4. The summed E-state index contributed by atoms with van der Waals surface area (Å²) in [7, 11) is 0. The molecule has 2 aromatic rings. The Morgan fingerprint density at radius 1 is 0.923 bits per heavy atom. The summed E-state index contributed by atoms with van der Waals surface area (Å²) in [5.41, 5.74) is 1.87. The zero-order valence-corrected chi connectivity index (χ0v) is 15.0. The lowest BCUT2D eigenvalue weighted by Crippen LogP contribution is -2.46. The van der Waals surface area contributed by atoms with Crippen LogP contribution in [0.3, 0.4) is 0 Å². The molecule has 0 radical (unpaired) electrons. The van der Waals surface area contributed by atoms with Crippen LogP contribution in [0.1, 0.15) is 28.9 Å². The van der Waals surface area contributed by atoms with E-state index in [1.54, 1.807) is 0 Å². The van der Waals surface area contributed by atoms with Crippen molar-refractivity contribution in [3.8, 4) is 0 Å². The molecule has 0 saturated carbocycles. The number of hydrogen-bond donors (Lipinski definition) is 0. The number of amides is 1. The van der Waals surface area contributed by atoms with Crippen LogP contribution in [0.15, 0.2) is 42.7 Å². The Balaban J connectivity index is 1.37. The van der Waals surface area contributed by atoms with Gasteiger partial charge in [0.05, 0.1) is 0 Å². The lowest BCUT2D eigenvalue weighted by atomic mass is 10.2. The number of hydrogen-bond acceptors (Lipinski definition) is 5. The average Bonchev–Trinajstić information content (AvgIpc) is 3.24. The second kappa shape index (κ2) is 7.83. The smallest absolute Gasteiger partial charge is 0.272 e. The standard InChI is InChI=1S/C20H25N5O/c26-20(25-8-4-5-9-25)18-14-19(22-16-21-18)24-12-10-23(11-13-24)15-17-6-2-1-3-7-17/h1-3,6-7,14,16H,4-5,8-13,15H2. The Kier molecular flexibility index (Phi) is 5.11. The molecule has 0 spiro atoms. The van der Waals surface area contributed by atoms with Crippen LogP contribution in [0.2, 0.25) is 0 Å². The first-order valence-electron chi connectivity index (χ1n) is 9.42. The van der Waals surface area contributed by atoms with Gasteiger partial charge in [-0.05, 0) is 18.4 Å². The molecule has 2 fully saturated rings. The largest absolute Gasteiger partial charge is 0.354 e. The molecule has 0 atom stereocenters. The van der Waals surface area contributed by atoms with Crippen molar-refractivity contribution in [2.24, 2.45) is 0 Å². The fourth-order valence-corrected chi connectivity index (χ4v) is 3.70. The Bertz CT molecular complexity index is 737. The summed E-state index contributed by atoms with van der Waals surface area (Å²) in [6.45, 7) is 6.49. The van der Waals surface area contributed by atoms with Crippen molar-refractivity contribution in [3.63, 3.8) is 0 Å². The molecule has 1 aromatic heterocycles. The molecule has 0 aliphatic carbocycles. The number of benzene rings is 1. The van der Waals surface area contributed by atoms with Gasteiger partial charge in [-0.3, -0.25) is 9.69 Å². The van der Waals surface area contributed by atoms with Crippen LogP contribution in [-0.4, -0.2) is 64.9 Å². The van der Waals surface area contributed by atoms with Gasteiger partial charge in [-0.1, -0.05) is 30.3 Å². The predicted molar refractivity (Wildman–Crippen MR) is 101 cm³/mol. The van der Waals surface area contributed by atoms with Gasteiger partial charge in [0.25, 0.3) is 5.91 Å². The fourth-order valence-electron chi connectivity index (χ4n) is 3.70. The normalized spacial score (nSPS) is 18.3. The van der Waals surface area contributed by atoms with Crippen molar-refractivity contribution in [2.45, 2.75) is 19.4 Å². The average molecular weight is 351 g/mol. The zero-order valence-electron chi connectivity index (χ0n) is 15.0. The van der Waals surface area contributed by atoms with Crippen molar-refractivity contribution in [2.75, 3.05) is 44.2 Å². The molecule has 2 aliphatic heterocycles. The second-order valence-corrected chi connectivity index (χ2v) is 7.01. The third kappa shape index (κ3) is 3.85. The Hall–Kier alpha value is -2.47. The predicted octanol–water partition coefficient (Wildman–Crippen LogP) is 2.03. The molecular weight excluding hydrogens is 326 g/mol. The van der Waals surface area contributed by atoms with Gasteiger partial charge < -0.3 is 9.80 Å². The van der Waals surface area contributed by atoms with E-state index in [1.165, 1.54) is 11.9 Å². The monoisotopic (exact) mass is 351 g/mol. The maximum Gasteiger partial charge on any atom is 0.272 e. The van der Waals surface area contributed by atoms with Crippen LogP contribution in [0, 0.1) is 0 Å². The van der Waals surface area contributed by atoms with Gasteiger partial charge in [-0.2, -0.15) is 0 Å². The van der Waals surface area contributed by atoms with Crippen molar-refractivity contribution in [3.05, 3.63) is 54.0 Å². The molecule has 26 heavy (non-hydrogen) atoms. The summed E-state index contributed by atoms with van der Waals surface area (Å²) in [6, 6.07) is 12.4. The zero-order chi connectivity index (χ0) is 17.8. The van der Waals surface area contributed by atoms with Gasteiger partial charge in [0, 0.05) is 51.9 Å². The topological polar surface area (TPSA) is 52.6 Å². The van der Waals surface area contributed by atoms with E-state index in [4.69, 9.17) is 0 Å². The molecule has 0 N–H and O–H groups in total.